The van der Waals surface area contributed by atoms with Crippen LogP contribution in [-0.2, 0) is 24.7 Å². The summed E-state index contributed by atoms with van der Waals surface area (Å²) in [5.74, 6) is -1.35. The molecular weight excluding hydrogens is 296 g/mol. The van der Waals surface area contributed by atoms with E-state index >= 15 is 0 Å². The molecule has 0 aromatic heterocycles. The Morgan fingerprint density at radius 2 is 1.70 bits per heavy atom. The maximum Gasteiger partial charge on any atom is 0.323 e. The minimum atomic E-state index is -1.47. The molecule has 1 aliphatic carbocycles. The van der Waals surface area contributed by atoms with Crippen molar-refractivity contribution in [2.45, 2.75) is 24.9 Å². The quantitative estimate of drug-likeness (QED) is 0.525. The molecule has 0 saturated heterocycles. The lowest BCUT2D eigenvalue weighted by Crippen LogP contribution is -2.48. The van der Waals surface area contributed by atoms with E-state index in [-0.39, 0.29) is 19.3 Å². The van der Waals surface area contributed by atoms with Crippen molar-refractivity contribution < 1.29 is 24.2 Å². The average molecular weight is 316 g/mol. The third-order valence-electron chi connectivity index (χ3n) is 4.51. The van der Waals surface area contributed by atoms with Crippen LogP contribution in [0.25, 0.3) is 0 Å². The van der Waals surface area contributed by atoms with Gasteiger partial charge in [0.15, 0.2) is 5.41 Å². The van der Waals surface area contributed by atoms with Crippen molar-refractivity contribution in [1.82, 2.24) is 0 Å². The van der Waals surface area contributed by atoms with Crippen LogP contribution in [0.3, 0.4) is 0 Å². The van der Waals surface area contributed by atoms with Gasteiger partial charge in [-0.15, -0.1) is 5.73 Å². The van der Waals surface area contributed by atoms with E-state index in [1.807, 2.05) is 18.2 Å². The van der Waals surface area contributed by atoms with Gasteiger partial charge < -0.3 is 14.6 Å². The second kappa shape index (κ2) is 6.41. The van der Waals surface area contributed by atoms with Crippen molar-refractivity contribution in [3.05, 3.63) is 53.8 Å². The Morgan fingerprint density at radius 3 is 2.17 bits per heavy atom. The van der Waals surface area contributed by atoms with Crippen molar-refractivity contribution in [2.75, 3.05) is 14.2 Å². The van der Waals surface area contributed by atoms with E-state index in [9.17, 15) is 14.7 Å². The number of aliphatic hydroxyl groups is 1. The molecule has 0 aliphatic heterocycles. The number of carbonyl (C=O) groups excluding carboxylic acids is 2. The lowest BCUT2D eigenvalue weighted by Gasteiger charge is -2.41. The van der Waals surface area contributed by atoms with Gasteiger partial charge in [-0.3, -0.25) is 9.59 Å². The maximum atomic E-state index is 12.2. The standard InChI is InChI=1S/C18H20O5/c1-4-13-12-17(15(19)22-2,16(20)23-3)10-11-18(13,21)14-8-6-5-7-9-14/h5-9,21H,1,10-12H2,2-3H3. The summed E-state index contributed by atoms with van der Waals surface area (Å²) in [6.07, 6.45) is 0.239. The van der Waals surface area contributed by atoms with Crippen molar-refractivity contribution in [1.29, 1.82) is 0 Å². The molecule has 1 aromatic rings. The highest BCUT2D eigenvalue weighted by Gasteiger charge is 2.56. The van der Waals surface area contributed by atoms with Crippen molar-refractivity contribution in [2.24, 2.45) is 5.41 Å². The SMILES string of the molecule is C=C=C1CC(C(=O)OC)(C(=O)OC)CCC1(O)c1ccccc1. The molecule has 122 valence electrons. The van der Waals surface area contributed by atoms with Crippen molar-refractivity contribution in [3.63, 3.8) is 0 Å². The fourth-order valence-electron chi connectivity index (χ4n) is 3.15. The first-order valence-electron chi connectivity index (χ1n) is 7.29. The van der Waals surface area contributed by atoms with Gasteiger partial charge in [0.25, 0.3) is 0 Å². The third kappa shape index (κ3) is 2.69. The molecule has 1 fully saturated rings. The van der Waals surface area contributed by atoms with Crippen molar-refractivity contribution in [3.8, 4) is 0 Å². The van der Waals surface area contributed by atoms with Gasteiger partial charge in [-0.1, -0.05) is 36.9 Å². The molecule has 5 nitrogen and oxygen atoms in total. The van der Waals surface area contributed by atoms with Crippen LogP contribution in [0.4, 0.5) is 0 Å². The van der Waals surface area contributed by atoms with E-state index in [1.54, 1.807) is 12.1 Å². The number of ether oxygens (including phenoxy) is 2. The first-order valence-corrected chi connectivity index (χ1v) is 7.29. The Kier molecular flexibility index (Phi) is 4.73. The first kappa shape index (κ1) is 17.0. The fourth-order valence-corrected chi connectivity index (χ4v) is 3.15. The summed E-state index contributed by atoms with van der Waals surface area (Å²) in [5.41, 5.74) is 0.984. The maximum absolute atomic E-state index is 12.2. The predicted octanol–water partition coefficient (Wildman–Crippen LogP) is 2.10. The number of hydrogen-bond acceptors (Lipinski definition) is 5. The molecule has 5 heteroatoms. The van der Waals surface area contributed by atoms with E-state index in [2.05, 4.69) is 12.3 Å². The Labute approximate surface area is 135 Å². The van der Waals surface area contributed by atoms with E-state index in [0.29, 0.717) is 11.1 Å². The number of benzene rings is 1. The highest BCUT2D eigenvalue weighted by atomic mass is 16.5. The molecule has 0 amide bonds. The number of carbonyl (C=O) groups is 2. The van der Waals surface area contributed by atoms with E-state index in [0.717, 1.165) is 0 Å². The number of methoxy groups -OCH3 is 2. The molecule has 1 aliphatic rings. The average Bonchev–Trinajstić information content (AvgIpc) is 2.61. The van der Waals surface area contributed by atoms with Crippen LogP contribution < -0.4 is 0 Å². The molecule has 0 spiro atoms. The fraction of sp³-hybridized carbons (Fsp3) is 0.389. The second-order valence-electron chi connectivity index (χ2n) is 5.62. The van der Waals surface area contributed by atoms with Crippen LogP contribution in [-0.4, -0.2) is 31.3 Å². The first-order chi connectivity index (χ1) is 10.9. The molecule has 0 radical (unpaired) electrons. The zero-order valence-electron chi connectivity index (χ0n) is 13.3. The molecule has 1 saturated carbocycles. The van der Waals surface area contributed by atoms with Gasteiger partial charge >= 0.3 is 11.9 Å². The summed E-state index contributed by atoms with van der Waals surface area (Å²) >= 11 is 0. The molecule has 2 rings (SSSR count). The molecule has 0 heterocycles. The van der Waals surface area contributed by atoms with Crippen LogP contribution in [0.5, 0.6) is 0 Å². The second-order valence-corrected chi connectivity index (χ2v) is 5.62. The van der Waals surface area contributed by atoms with Gasteiger partial charge in [-0.2, -0.15) is 0 Å². The van der Waals surface area contributed by atoms with E-state index < -0.39 is 23.0 Å². The van der Waals surface area contributed by atoms with Crippen LogP contribution in [0.2, 0.25) is 0 Å². The van der Waals surface area contributed by atoms with Gasteiger partial charge in [0.1, 0.15) is 5.60 Å². The summed E-state index contributed by atoms with van der Waals surface area (Å²) in [6, 6.07) is 9.06. The lowest BCUT2D eigenvalue weighted by molar-refractivity contribution is -0.173. The highest BCUT2D eigenvalue weighted by molar-refractivity contribution is 6.00. The van der Waals surface area contributed by atoms with Gasteiger partial charge in [0.05, 0.1) is 14.2 Å². The predicted molar refractivity (Wildman–Crippen MR) is 83.3 cm³/mol. The van der Waals surface area contributed by atoms with E-state index in [4.69, 9.17) is 9.47 Å². The monoisotopic (exact) mass is 316 g/mol. The normalized spacial score (nSPS) is 22.8. The summed E-state index contributed by atoms with van der Waals surface area (Å²) < 4.78 is 9.60. The van der Waals surface area contributed by atoms with Gasteiger partial charge in [0.2, 0.25) is 0 Å². The smallest absolute Gasteiger partial charge is 0.323 e. The Bertz CT molecular complexity index is 641. The molecule has 1 unspecified atom stereocenters. The van der Waals surface area contributed by atoms with Gasteiger partial charge in [-0.25, -0.2) is 0 Å². The summed E-state index contributed by atoms with van der Waals surface area (Å²) in [4.78, 5) is 24.5. The van der Waals surface area contributed by atoms with Crippen molar-refractivity contribution >= 4 is 11.9 Å². The van der Waals surface area contributed by atoms with Crippen LogP contribution in [0.15, 0.2) is 48.2 Å². The number of rotatable bonds is 3. The molecule has 1 aromatic carbocycles. The molecule has 23 heavy (non-hydrogen) atoms. The van der Waals surface area contributed by atoms with Gasteiger partial charge in [0, 0.05) is 12.0 Å². The zero-order valence-corrected chi connectivity index (χ0v) is 13.3. The zero-order chi connectivity index (χ0) is 17.1. The summed E-state index contributed by atoms with van der Waals surface area (Å²) in [5, 5.41) is 11.1. The lowest BCUT2D eigenvalue weighted by atomic mass is 9.64. The summed E-state index contributed by atoms with van der Waals surface area (Å²) in [7, 11) is 2.45. The number of hydrogen-bond donors (Lipinski definition) is 1. The van der Waals surface area contributed by atoms with Crippen LogP contribution in [0, 0.1) is 5.41 Å². The van der Waals surface area contributed by atoms with Crippen LogP contribution in [0.1, 0.15) is 24.8 Å². The molecule has 1 atom stereocenters. The van der Waals surface area contributed by atoms with Gasteiger partial charge in [-0.05, 0) is 18.4 Å². The number of esters is 2. The molecular formula is C18H20O5. The molecule has 1 N–H and O–H groups in total. The topological polar surface area (TPSA) is 72.8 Å². The third-order valence-corrected chi connectivity index (χ3v) is 4.51. The Balaban J connectivity index is 2.47. The van der Waals surface area contributed by atoms with Crippen LogP contribution >= 0.6 is 0 Å². The summed E-state index contributed by atoms with van der Waals surface area (Å²) in [6.45, 7) is 3.61. The Hall–Kier alpha value is -2.36. The minimum absolute atomic E-state index is 0.0404. The Morgan fingerprint density at radius 1 is 1.13 bits per heavy atom. The largest absolute Gasteiger partial charge is 0.468 e. The van der Waals surface area contributed by atoms with E-state index in [1.165, 1.54) is 14.2 Å². The minimum Gasteiger partial charge on any atom is -0.468 e. The highest BCUT2D eigenvalue weighted by Crippen LogP contribution is 2.49. The molecule has 0 bridgehead atoms.